The van der Waals surface area contributed by atoms with Gasteiger partial charge in [0.2, 0.25) is 0 Å². The molecule has 0 spiro atoms. The maximum Gasteiger partial charge on any atom is 0.128 e. The van der Waals surface area contributed by atoms with Crippen molar-refractivity contribution in [3.05, 3.63) is 54.1 Å². The van der Waals surface area contributed by atoms with Crippen molar-refractivity contribution < 1.29 is 13.5 Å². The number of anilines is 2. The van der Waals surface area contributed by atoms with Gasteiger partial charge in [-0.25, -0.2) is 8.78 Å². The van der Waals surface area contributed by atoms with Crippen molar-refractivity contribution in [2.45, 2.75) is 26.4 Å². The maximum absolute atomic E-state index is 13.1. The van der Waals surface area contributed by atoms with Crippen molar-refractivity contribution >= 4 is 11.4 Å². The lowest BCUT2D eigenvalue weighted by Crippen LogP contribution is -2.22. The van der Waals surface area contributed by atoms with Crippen molar-refractivity contribution in [2.75, 3.05) is 5.32 Å². The van der Waals surface area contributed by atoms with Crippen LogP contribution in [-0.4, -0.2) is 5.60 Å². The molecule has 0 unspecified atom stereocenters. The molecule has 1 N–H and O–H groups in total. The fourth-order valence-corrected chi connectivity index (χ4v) is 1.75. The Balaban J connectivity index is 2.10. The summed E-state index contributed by atoms with van der Waals surface area (Å²) in [6.45, 7) is 5.90. The molecule has 0 aliphatic carbocycles. The average molecular weight is 277 g/mol. The maximum atomic E-state index is 13.1. The number of hydrogen-bond donors (Lipinski definition) is 1. The Hall–Kier alpha value is -2.10. The third-order valence-electron chi connectivity index (χ3n) is 2.43. The highest BCUT2D eigenvalue weighted by molar-refractivity contribution is 5.60. The number of halogens is 2. The van der Waals surface area contributed by atoms with Gasteiger partial charge in [-0.3, -0.25) is 0 Å². The van der Waals surface area contributed by atoms with E-state index >= 15 is 0 Å². The van der Waals surface area contributed by atoms with E-state index in [-0.39, 0.29) is 5.60 Å². The normalized spacial score (nSPS) is 11.2. The van der Waals surface area contributed by atoms with Gasteiger partial charge >= 0.3 is 0 Å². The van der Waals surface area contributed by atoms with Crippen LogP contribution in [0.4, 0.5) is 20.2 Å². The van der Waals surface area contributed by atoms with Gasteiger partial charge in [0, 0.05) is 17.4 Å². The van der Waals surface area contributed by atoms with Gasteiger partial charge in [-0.2, -0.15) is 0 Å². The molecule has 2 nitrogen and oxygen atoms in total. The molecule has 2 rings (SSSR count). The predicted octanol–water partition coefficient (Wildman–Crippen LogP) is 4.89. The monoisotopic (exact) mass is 277 g/mol. The lowest BCUT2D eigenvalue weighted by molar-refractivity contribution is 0.131. The van der Waals surface area contributed by atoms with Gasteiger partial charge in [0.25, 0.3) is 0 Å². The second-order valence-corrected chi connectivity index (χ2v) is 5.52. The summed E-state index contributed by atoms with van der Waals surface area (Å²) in [6, 6.07) is 10.5. The first-order valence-corrected chi connectivity index (χ1v) is 6.34. The highest BCUT2D eigenvalue weighted by Crippen LogP contribution is 2.23. The van der Waals surface area contributed by atoms with Crippen LogP contribution in [0, 0.1) is 11.6 Å². The van der Waals surface area contributed by atoms with Crippen LogP contribution in [0.3, 0.4) is 0 Å². The van der Waals surface area contributed by atoms with Gasteiger partial charge < -0.3 is 10.1 Å². The van der Waals surface area contributed by atoms with E-state index in [0.29, 0.717) is 5.69 Å². The SMILES string of the molecule is CC(C)(C)Oc1ccc(Nc2cc(F)cc(F)c2)cc1. The third kappa shape index (κ3) is 4.23. The smallest absolute Gasteiger partial charge is 0.128 e. The Bertz CT molecular complexity index is 568. The number of ether oxygens (including phenoxy) is 1. The first-order valence-electron chi connectivity index (χ1n) is 6.34. The molecule has 2 aromatic carbocycles. The number of nitrogens with one attached hydrogen (secondary N) is 1. The molecule has 20 heavy (non-hydrogen) atoms. The zero-order valence-corrected chi connectivity index (χ0v) is 11.7. The average Bonchev–Trinajstić information content (AvgIpc) is 2.28. The first-order chi connectivity index (χ1) is 9.32. The summed E-state index contributed by atoms with van der Waals surface area (Å²) in [4.78, 5) is 0. The number of benzene rings is 2. The molecule has 0 aromatic heterocycles. The van der Waals surface area contributed by atoms with Gasteiger partial charge in [-0.05, 0) is 57.2 Å². The summed E-state index contributed by atoms with van der Waals surface area (Å²) in [6.07, 6.45) is 0. The van der Waals surface area contributed by atoms with Crippen molar-refractivity contribution in [3.63, 3.8) is 0 Å². The molecular weight excluding hydrogens is 260 g/mol. The summed E-state index contributed by atoms with van der Waals surface area (Å²) in [7, 11) is 0. The summed E-state index contributed by atoms with van der Waals surface area (Å²) in [5.41, 5.74) is 0.837. The molecule has 0 aliphatic rings. The van der Waals surface area contributed by atoms with Gasteiger partial charge in [0.15, 0.2) is 0 Å². The van der Waals surface area contributed by atoms with E-state index in [0.717, 1.165) is 17.5 Å². The number of rotatable bonds is 3. The van der Waals surface area contributed by atoms with Gasteiger partial charge in [-0.15, -0.1) is 0 Å². The Morgan fingerprint density at radius 1 is 0.850 bits per heavy atom. The molecule has 4 heteroatoms. The molecule has 0 saturated heterocycles. The zero-order chi connectivity index (χ0) is 14.8. The van der Waals surface area contributed by atoms with Crippen LogP contribution in [0.2, 0.25) is 0 Å². The van der Waals surface area contributed by atoms with Gasteiger partial charge in [-0.1, -0.05) is 0 Å². The van der Waals surface area contributed by atoms with Crippen molar-refractivity contribution in [2.24, 2.45) is 0 Å². The lowest BCUT2D eigenvalue weighted by atomic mass is 10.2. The van der Waals surface area contributed by atoms with Gasteiger partial charge in [0.1, 0.15) is 23.0 Å². The molecule has 0 saturated carbocycles. The Morgan fingerprint density at radius 3 is 1.90 bits per heavy atom. The fraction of sp³-hybridized carbons (Fsp3) is 0.250. The van der Waals surface area contributed by atoms with E-state index in [9.17, 15) is 8.78 Å². The zero-order valence-electron chi connectivity index (χ0n) is 11.7. The molecule has 0 aliphatic heterocycles. The third-order valence-corrected chi connectivity index (χ3v) is 2.43. The molecule has 0 amide bonds. The van der Waals surface area contributed by atoms with Crippen LogP contribution in [-0.2, 0) is 0 Å². The highest BCUT2D eigenvalue weighted by atomic mass is 19.1. The minimum Gasteiger partial charge on any atom is -0.488 e. The Labute approximate surface area is 117 Å². The predicted molar refractivity (Wildman–Crippen MR) is 76.5 cm³/mol. The standard InChI is InChI=1S/C16H17F2NO/c1-16(2,3)20-15-6-4-13(5-7-15)19-14-9-11(17)8-12(18)10-14/h4-10,19H,1-3H3. The molecule has 0 fully saturated rings. The quantitative estimate of drug-likeness (QED) is 0.862. The summed E-state index contributed by atoms with van der Waals surface area (Å²) < 4.78 is 31.9. The first kappa shape index (κ1) is 14.3. The fourth-order valence-electron chi connectivity index (χ4n) is 1.75. The largest absolute Gasteiger partial charge is 0.488 e. The molecule has 0 radical (unpaired) electrons. The topological polar surface area (TPSA) is 21.3 Å². The summed E-state index contributed by atoms with van der Waals surface area (Å²) in [5, 5.41) is 2.94. The van der Waals surface area contributed by atoms with Crippen LogP contribution in [0.5, 0.6) is 5.75 Å². The minimum atomic E-state index is -0.611. The summed E-state index contributed by atoms with van der Waals surface area (Å²) >= 11 is 0. The van der Waals surface area contributed by atoms with E-state index in [1.807, 2.05) is 32.9 Å². The van der Waals surface area contributed by atoms with Crippen LogP contribution in [0.15, 0.2) is 42.5 Å². The van der Waals surface area contributed by atoms with Crippen molar-refractivity contribution in [1.29, 1.82) is 0 Å². The van der Waals surface area contributed by atoms with Crippen LogP contribution in [0.1, 0.15) is 20.8 Å². The molecule has 0 heterocycles. The number of hydrogen-bond acceptors (Lipinski definition) is 2. The van der Waals surface area contributed by atoms with E-state index in [4.69, 9.17) is 4.74 Å². The lowest BCUT2D eigenvalue weighted by Gasteiger charge is -2.21. The van der Waals surface area contributed by atoms with E-state index < -0.39 is 11.6 Å². The highest BCUT2D eigenvalue weighted by Gasteiger charge is 2.11. The van der Waals surface area contributed by atoms with Crippen LogP contribution >= 0.6 is 0 Å². The molecule has 0 bridgehead atoms. The van der Waals surface area contributed by atoms with Crippen LogP contribution < -0.4 is 10.1 Å². The van der Waals surface area contributed by atoms with Crippen LogP contribution in [0.25, 0.3) is 0 Å². The summed E-state index contributed by atoms with van der Waals surface area (Å²) in [5.74, 6) is -0.478. The van der Waals surface area contributed by atoms with Crippen molar-refractivity contribution in [1.82, 2.24) is 0 Å². The van der Waals surface area contributed by atoms with E-state index in [1.165, 1.54) is 12.1 Å². The second-order valence-electron chi connectivity index (χ2n) is 5.52. The Kier molecular flexibility index (Phi) is 3.93. The molecule has 106 valence electrons. The van der Waals surface area contributed by atoms with Crippen molar-refractivity contribution in [3.8, 4) is 5.75 Å². The second kappa shape index (κ2) is 5.49. The van der Waals surface area contributed by atoms with E-state index in [1.54, 1.807) is 12.1 Å². The molecule has 0 atom stereocenters. The molecule has 2 aromatic rings. The molecular formula is C16H17F2NO. The minimum absolute atomic E-state index is 0.263. The van der Waals surface area contributed by atoms with Gasteiger partial charge in [0.05, 0.1) is 0 Å². The Morgan fingerprint density at radius 2 is 1.40 bits per heavy atom. The van der Waals surface area contributed by atoms with E-state index in [2.05, 4.69) is 5.32 Å².